The molecule has 1 N–H and O–H groups in total. The smallest absolute Gasteiger partial charge is 0.266 e. The summed E-state index contributed by atoms with van der Waals surface area (Å²) in [5, 5.41) is 8.40. The number of hydrogen-bond acceptors (Lipinski definition) is 9. The second kappa shape index (κ2) is 8.28. The lowest BCUT2D eigenvalue weighted by Gasteiger charge is -2.22. The Morgan fingerprint density at radius 2 is 2.12 bits per heavy atom. The van der Waals surface area contributed by atoms with Gasteiger partial charge in [0.05, 0.1) is 33.1 Å². The van der Waals surface area contributed by atoms with Crippen molar-refractivity contribution < 1.29 is 27.2 Å². The number of nitrogens with zero attached hydrogens (tertiary/aromatic N) is 4. The van der Waals surface area contributed by atoms with E-state index >= 15 is 0 Å². The van der Waals surface area contributed by atoms with Crippen molar-refractivity contribution in [2.24, 2.45) is 0 Å². The zero-order valence-electron chi connectivity index (χ0n) is 17.9. The third-order valence-corrected chi connectivity index (χ3v) is 6.65. The molecule has 0 atom stereocenters. The first-order valence-corrected chi connectivity index (χ1v) is 11.6. The quantitative estimate of drug-likeness (QED) is 0.432. The van der Waals surface area contributed by atoms with Crippen molar-refractivity contribution in [1.29, 1.82) is 0 Å². The van der Waals surface area contributed by atoms with Gasteiger partial charge in [0.2, 0.25) is 5.88 Å². The van der Waals surface area contributed by atoms with Gasteiger partial charge in [-0.2, -0.15) is 5.10 Å². The third kappa shape index (κ3) is 3.82. The summed E-state index contributed by atoms with van der Waals surface area (Å²) in [6, 6.07) is 6.54. The van der Waals surface area contributed by atoms with Crippen LogP contribution in [0.3, 0.4) is 0 Å². The number of benzene rings is 1. The lowest BCUT2D eigenvalue weighted by Crippen LogP contribution is -2.18. The first-order valence-electron chi connectivity index (χ1n) is 10.2. The molecule has 0 fully saturated rings. The number of methoxy groups -OCH3 is 2. The fourth-order valence-corrected chi connectivity index (χ4v) is 5.01. The monoisotopic (exact) mass is 471 g/mol. The van der Waals surface area contributed by atoms with Crippen molar-refractivity contribution in [2.75, 3.05) is 25.5 Å². The number of sulfonamides is 1. The van der Waals surface area contributed by atoms with Gasteiger partial charge in [0.15, 0.2) is 11.4 Å². The average molecular weight is 471 g/mol. The molecular formula is C21H21N5O6S. The van der Waals surface area contributed by atoms with Gasteiger partial charge in [0.1, 0.15) is 21.8 Å². The maximum Gasteiger partial charge on any atom is 0.266 e. The molecule has 0 spiro atoms. The van der Waals surface area contributed by atoms with Crippen LogP contribution in [-0.2, 0) is 23.0 Å². The highest BCUT2D eigenvalue weighted by Gasteiger charge is 2.29. The van der Waals surface area contributed by atoms with Gasteiger partial charge < -0.3 is 18.7 Å². The van der Waals surface area contributed by atoms with Crippen molar-refractivity contribution in [3.63, 3.8) is 0 Å². The number of nitrogens with one attached hydrogen (secondary N) is 1. The van der Waals surface area contributed by atoms with Crippen LogP contribution in [0.1, 0.15) is 17.7 Å². The van der Waals surface area contributed by atoms with E-state index < -0.39 is 10.0 Å². The SMILES string of the molecule is COc1ccc(S(=O)(=O)Nc2noc3cc(Cn4cccn4)nc(OC)c23)c2c1CCCO2. The molecule has 0 amide bonds. The fraction of sp³-hybridized carbons (Fsp3) is 0.286. The van der Waals surface area contributed by atoms with Gasteiger partial charge in [0, 0.05) is 24.0 Å². The molecule has 0 aliphatic carbocycles. The molecular weight excluding hydrogens is 450 g/mol. The Morgan fingerprint density at radius 3 is 2.88 bits per heavy atom. The van der Waals surface area contributed by atoms with Crippen molar-refractivity contribution >= 4 is 26.8 Å². The molecule has 1 aliphatic rings. The summed E-state index contributed by atoms with van der Waals surface area (Å²) in [4.78, 5) is 4.46. The van der Waals surface area contributed by atoms with E-state index in [-0.39, 0.29) is 22.3 Å². The molecule has 0 saturated heterocycles. The zero-order chi connectivity index (χ0) is 23.0. The number of rotatable bonds is 7. The maximum absolute atomic E-state index is 13.3. The molecule has 1 aromatic carbocycles. The minimum absolute atomic E-state index is 0.00335. The van der Waals surface area contributed by atoms with Crippen LogP contribution in [0.15, 0.2) is 46.1 Å². The molecule has 0 bridgehead atoms. The standard InChI is InChI=1S/C21H21N5O6S/c1-29-15-6-7-17(19-14(15)5-3-10-31-19)33(27,28)25-20-18-16(32-24-20)11-13(23-21(18)30-2)12-26-9-4-8-22-26/h4,6-9,11H,3,5,10,12H2,1-2H3,(H,24,25). The van der Waals surface area contributed by atoms with E-state index in [0.717, 1.165) is 12.0 Å². The van der Waals surface area contributed by atoms with Gasteiger partial charge in [0.25, 0.3) is 10.0 Å². The summed E-state index contributed by atoms with van der Waals surface area (Å²) in [6.45, 7) is 0.808. The minimum atomic E-state index is -4.07. The second-order valence-electron chi connectivity index (χ2n) is 7.36. The molecule has 0 unspecified atom stereocenters. The van der Waals surface area contributed by atoms with Crippen LogP contribution in [0.5, 0.6) is 17.4 Å². The summed E-state index contributed by atoms with van der Waals surface area (Å²) in [5.74, 6) is 1.03. The number of hydrogen-bond donors (Lipinski definition) is 1. The van der Waals surface area contributed by atoms with Gasteiger partial charge in [-0.05, 0) is 31.0 Å². The molecule has 1 aliphatic heterocycles. The summed E-state index contributed by atoms with van der Waals surface area (Å²) < 4.78 is 52.7. The van der Waals surface area contributed by atoms with E-state index in [1.54, 1.807) is 35.3 Å². The number of anilines is 1. The molecule has 5 rings (SSSR count). The van der Waals surface area contributed by atoms with Crippen molar-refractivity contribution in [3.8, 4) is 17.4 Å². The van der Waals surface area contributed by atoms with Gasteiger partial charge in [-0.3, -0.25) is 9.40 Å². The zero-order valence-corrected chi connectivity index (χ0v) is 18.8. The Morgan fingerprint density at radius 1 is 1.24 bits per heavy atom. The molecule has 11 nitrogen and oxygen atoms in total. The van der Waals surface area contributed by atoms with Gasteiger partial charge >= 0.3 is 0 Å². The van der Waals surface area contributed by atoms with Crippen molar-refractivity contribution in [2.45, 2.75) is 24.3 Å². The van der Waals surface area contributed by atoms with Crippen LogP contribution in [0.25, 0.3) is 11.0 Å². The van der Waals surface area contributed by atoms with Crippen molar-refractivity contribution in [1.82, 2.24) is 19.9 Å². The Hall–Kier alpha value is -3.80. The second-order valence-corrected chi connectivity index (χ2v) is 9.01. The van der Waals surface area contributed by atoms with Crippen LogP contribution in [0, 0.1) is 0 Å². The van der Waals surface area contributed by atoms with Gasteiger partial charge in [-0.1, -0.05) is 5.16 Å². The molecule has 0 radical (unpaired) electrons. The Kier molecular flexibility index (Phi) is 5.29. The molecule has 4 aromatic rings. The van der Waals surface area contributed by atoms with Gasteiger partial charge in [-0.15, -0.1) is 0 Å². The number of fused-ring (bicyclic) bond motifs is 2. The first kappa shape index (κ1) is 21.1. The highest BCUT2D eigenvalue weighted by Crippen LogP contribution is 2.40. The van der Waals surface area contributed by atoms with E-state index in [4.69, 9.17) is 18.7 Å². The normalized spacial score (nSPS) is 13.4. The average Bonchev–Trinajstić information content (AvgIpc) is 3.47. The summed E-state index contributed by atoms with van der Waals surface area (Å²) in [6.07, 6.45) is 4.90. The molecule has 12 heteroatoms. The van der Waals surface area contributed by atoms with Crippen LogP contribution >= 0.6 is 0 Å². The number of pyridine rings is 1. The largest absolute Gasteiger partial charge is 0.496 e. The van der Waals surface area contributed by atoms with Crippen LogP contribution < -0.4 is 18.9 Å². The van der Waals surface area contributed by atoms with E-state index in [2.05, 4.69) is 20.0 Å². The van der Waals surface area contributed by atoms with E-state index in [1.165, 1.54) is 20.3 Å². The fourth-order valence-electron chi connectivity index (χ4n) is 3.83. The van der Waals surface area contributed by atoms with Crippen molar-refractivity contribution in [3.05, 3.63) is 47.9 Å². The maximum atomic E-state index is 13.3. The molecule has 33 heavy (non-hydrogen) atoms. The minimum Gasteiger partial charge on any atom is -0.496 e. The lowest BCUT2D eigenvalue weighted by atomic mass is 10.1. The summed E-state index contributed by atoms with van der Waals surface area (Å²) in [7, 11) is -1.09. The predicted octanol–water partition coefficient (Wildman–Crippen LogP) is 2.61. The van der Waals surface area contributed by atoms with E-state index in [1.807, 2.05) is 0 Å². The number of aromatic nitrogens is 4. The molecule has 4 heterocycles. The van der Waals surface area contributed by atoms with Crippen LogP contribution in [0.4, 0.5) is 5.82 Å². The predicted molar refractivity (Wildman–Crippen MR) is 117 cm³/mol. The highest BCUT2D eigenvalue weighted by atomic mass is 32.2. The Bertz CT molecular complexity index is 1410. The highest BCUT2D eigenvalue weighted by molar-refractivity contribution is 7.92. The summed E-state index contributed by atoms with van der Waals surface area (Å²) in [5.41, 5.74) is 1.67. The third-order valence-electron chi connectivity index (χ3n) is 5.29. The topological polar surface area (TPSA) is 131 Å². The Labute approximate surface area is 189 Å². The Balaban J connectivity index is 1.53. The van der Waals surface area contributed by atoms with Crippen LogP contribution in [0.2, 0.25) is 0 Å². The number of ether oxygens (including phenoxy) is 3. The lowest BCUT2D eigenvalue weighted by molar-refractivity contribution is 0.274. The van der Waals surface area contributed by atoms with E-state index in [0.29, 0.717) is 42.0 Å². The van der Waals surface area contributed by atoms with E-state index in [9.17, 15) is 8.42 Å². The van der Waals surface area contributed by atoms with Crippen LogP contribution in [-0.4, -0.2) is 49.2 Å². The molecule has 3 aromatic heterocycles. The first-order chi connectivity index (χ1) is 16.0. The molecule has 172 valence electrons. The van der Waals surface area contributed by atoms with Gasteiger partial charge in [-0.25, -0.2) is 13.4 Å². The summed E-state index contributed by atoms with van der Waals surface area (Å²) >= 11 is 0. The molecule has 0 saturated carbocycles.